The zero-order valence-electron chi connectivity index (χ0n) is 13.2. The van der Waals surface area contributed by atoms with E-state index in [1.54, 1.807) is 0 Å². The quantitative estimate of drug-likeness (QED) is 0.504. The van der Waals surface area contributed by atoms with Gasteiger partial charge in [0.25, 0.3) is 0 Å². The molecule has 3 aromatic carbocycles. The number of alkyl halides is 3. The van der Waals surface area contributed by atoms with Crippen LogP contribution in [0.5, 0.6) is 0 Å². The maximum absolute atomic E-state index is 12.6. The number of halogens is 3. The molecule has 0 aliphatic rings. The SMILES string of the molecule is C[C@@H](/C=C/c1ccc(C(F)(F)F)cc1)c1ccc2ccccc2c1. The molecule has 0 amide bonds. The Morgan fingerprint density at radius 1 is 0.833 bits per heavy atom. The summed E-state index contributed by atoms with van der Waals surface area (Å²) >= 11 is 0. The number of rotatable bonds is 3. The van der Waals surface area contributed by atoms with Crippen molar-refractivity contribution in [3.05, 3.63) is 89.5 Å². The third-order valence-corrected chi connectivity index (χ3v) is 4.11. The van der Waals surface area contributed by atoms with Crippen LogP contribution in [0, 0.1) is 0 Å². The minimum Gasteiger partial charge on any atom is -0.166 e. The van der Waals surface area contributed by atoms with E-state index in [2.05, 4.69) is 37.3 Å². The van der Waals surface area contributed by atoms with Crippen molar-refractivity contribution < 1.29 is 13.2 Å². The van der Waals surface area contributed by atoms with Crippen LogP contribution in [0.3, 0.4) is 0 Å². The monoisotopic (exact) mass is 326 g/mol. The molecule has 0 N–H and O–H groups in total. The number of fused-ring (bicyclic) bond motifs is 1. The zero-order valence-corrected chi connectivity index (χ0v) is 13.2. The predicted octanol–water partition coefficient (Wildman–Crippen LogP) is 6.68. The van der Waals surface area contributed by atoms with E-state index in [-0.39, 0.29) is 5.92 Å². The second kappa shape index (κ2) is 6.52. The maximum atomic E-state index is 12.6. The van der Waals surface area contributed by atoms with Crippen molar-refractivity contribution in [1.82, 2.24) is 0 Å². The summed E-state index contributed by atoms with van der Waals surface area (Å²) in [5.41, 5.74) is 1.31. The van der Waals surface area contributed by atoms with Crippen molar-refractivity contribution in [2.24, 2.45) is 0 Å². The molecule has 0 nitrogen and oxygen atoms in total. The number of benzene rings is 3. The van der Waals surface area contributed by atoms with Gasteiger partial charge in [-0.15, -0.1) is 0 Å². The first-order chi connectivity index (χ1) is 11.4. The van der Waals surface area contributed by atoms with Crippen LogP contribution in [-0.4, -0.2) is 0 Å². The van der Waals surface area contributed by atoms with Gasteiger partial charge in [-0.3, -0.25) is 0 Å². The summed E-state index contributed by atoms with van der Waals surface area (Å²) in [7, 11) is 0. The van der Waals surface area contributed by atoms with Crippen LogP contribution in [0.25, 0.3) is 16.8 Å². The van der Waals surface area contributed by atoms with E-state index in [1.807, 2.05) is 24.3 Å². The number of allylic oxidation sites excluding steroid dienone is 1. The third kappa shape index (κ3) is 3.67. The van der Waals surface area contributed by atoms with Gasteiger partial charge >= 0.3 is 6.18 Å². The largest absolute Gasteiger partial charge is 0.416 e. The highest BCUT2D eigenvalue weighted by atomic mass is 19.4. The van der Waals surface area contributed by atoms with E-state index in [9.17, 15) is 13.2 Å². The van der Waals surface area contributed by atoms with Gasteiger partial charge in [0.2, 0.25) is 0 Å². The molecule has 3 aromatic rings. The third-order valence-electron chi connectivity index (χ3n) is 4.11. The van der Waals surface area contributed by atoms with E-state index in [1.165, 1.54) is 28.5 Å². The van der Waals surface area contributed by atoms with Crippen LogP contribution in [0.2, 0.25) is 0 Å². The molecular weight excluding hydrogens is 309 g/mol. The van der Waals surface area contributed by atoms with Crippen molar-refractivity contribution in [3.8, 4) is 0 Å². The van der Waals surface area contributed by atoms with Crippen LogP contribution >= 0.6 is 0 Å². The van der Waals surface area contributed by atoms with Crippen molar-refractivity contribution in [3.63, 3.8) is 0 Å². The van der Waals surface area contributed by atoms with Gasteiger partial charge in [0.05, 0.1) is 5.56 Å². The van der Waals surface area contributed by atoms with E-state index >= 15 is 0 Å². The van der Waals surface area contributed by atoms with Crippen LogP contribution in [0.4, 0.5) is 13.2 Å². The summed E-state index contributed by atoms with van der Waals surface area (Å²) in [5.74, 6) is 0.178. The van der Waals surface area contributed by atoms with Crippen molar-refractivity contribution in [2.45, 2.75) is 19.0 Å². The molecule has 0 aliphatic heterocycles. The number of hydrogen-bond acceptors (Lipinski definition) is 0. The molecule has 24 heavy (non-hydrogen) atoms. The molecule has 0 saturated carbocycles. The van der Waals surface area contributed by atoms with E-state index in [0.717, 1.165) is 17.7 Å². The van der Waals surface area contributed by atoms with Gasteiger partial charge < -0.3 is 0 Å². The molecule has 0 bridgehead atoms. The summed E-state index contributed by atoms with van der Waals surface area (Å²) in [4.78, 5) is 0. The zero-order chi connectivity index (χ0) is 17.2. The van der Waals surface area contributed by atoms with Crippen LogP contribution in [0.15, 0.2) is 72.8 Å². The first-order valence-corrected chi connectivity index (χ1v) is 7.78. The van der Waals surface area contributed by atoms with Crippen molar-refractivity contribution >= 4 is 16.8 Å². The molecule has 0 fully saturated rings. The second-order valence-electron chi connectivity index (χ2n) is 5.87. The molecule has 0 saturated heterocycles. The molecule has 0 spiro atoms. The maximum Gasteiger partial charge on any atom is 0.416 e. The second-order valence-corrected chi connectivity index (χ2v) is 5.87. The normalized spacial score (nSPS) is 13.5. The van der Waals surface area contributed by atoms with Gasteiger partial charge in [-0.1, -0.05) is 73.7 Å². The standard InChI is InChI=1S/C21H17F3/c1-15(18-11-10-17-4-2-3-5-19(17)14-18)6-7-16-8-12-20(13-9-16)21(22,23)24/h2-15H,1H3/b7-6+/t15-/m0/s1. The first kappa shape index (κ1) is 16.3. The van der Waals surface area contributed by atoms with Gasteiger partial charge in [0, 0.05) is 0 Å². The Kier molecular flexibility index (Phi) is 4.43. The van der Waals surface area contributed by atoms with Gasteiger partial charge in [-0.2, -0.15) is 13.2 Å². The lowest BCUT2D eigenvalue weighted by Gasteiger charge is -2.09. The highest BCUT2D eigenvalue weighted by molar-refractivity contribution is 5.83. The van der Waals surface area contributed by atoms with Gasteiger partial charge in [-0.05, 0) is 39.9 Å². The van der Waals surface area contributed by atoms with E-state index in [4.69, 9.17) is 0 Å². The molecular formula is C21H17F3. The fourth-order valence-electron chi connectivity index (χ4n) is 2.64. The van der Waals surface area contributed by atoms with Crippen LogP contribution in [0.1, 0.15) is 29.5 Å². The first-order valence-electron chi connectivity index (χ1n) is 7.78. The average molecular weight is 326 g/mol. The Morgan fingerprint density at radius 3 is 2.17 bits per heavy atom. The lowest BCUT2D eigenvalue weighted by atomic mass is 9.97. The minimum atomic E-state index is -4.29. The summed E-state index contributed by atoms with van der Waals surface area (Å²) in [6.07, 6.45) is -0.423. The molecule has 3 rings (SSSR count). The lowest BCUT2D eigenvalue weighted by Crippen LogP contribution is -2.03. The topological polar surface area (TPSA) is 0 Å². The Hall–Kier alpha value is -2.55. The van der Waals surface area contributed by atoms with Gasteiger partial charge in [-0.25, -0.2) is 0 Å². The molecule has 1 atom stereocenters. The highest BCUT2D eigenvalue weighted by Gasteiger charge is 2.29. The van der Waals surface area contributed by atoms with Gasteiger partial charge in [0.15, 0.2) is 0 Å². The van der Waals surface area contributed by atoms with Crippen molar-refractivity contribution in [2.75, 3.05) is 0 Å². The van der Waals surface area contributed by atoms with E-state index in [0.29, 0.717) is 0 Å². The average Bonchev–Trinajstić information content (AvgIpc) is 2.59. The van der Waals surface area contributed by atoms with Crippen LogP contribution in [-0.2, 0) is 6.18 Å². The summed E-state index contributed by atoms with van der Waals surface area (Å²) < 4.78 is 37.7. The molecule has 0 heterocycles. The lowest BCUT2D eigenvalue weighted by molar-refractivity contribution is -0.137. The Morgan fingerprint density at radius 2 is 1.50 bits per heavy atom. The molecule has 0 radical (unpaired) electrons. The molecule has 122 valence electrons. The smallest absolute Gasteiger partial charge is 0.166 e. The van der Waals surface area contributed by atoms with Crippen molar-refractivity contribution in [1.29, 1.82) is 0 Å². The Labute approximate surface area is 139 Å². The Bertz CT molecular complexity index is 858. The van der Waals surface area contributed by atoms with Gasteiger partial charge in [0.1, 0.15) is 0 Å². The molecule has 0 aliphatic carbocycles. The summed E-state index contributed by atoms with van der Waals surface area (Å²) in [6, 6.07) is 19.7. The molecule has 0 unspecified atom stereocenters. The highest BCUT2D eigenvalue weighted by Crippen LogP contribution is 2.29. The summed E-state index contributed by atoms with van der Waals surface area (Å²) in [5, 5.41) is 2.38. The fraction of sp³-hybridized carbons (Fsp3) is 0.143. The fourth-order valence-corrected chi connectivity index (χ4v) is 2.64. The number of hydrogen-bond donors (Lipinski definition) is 0. The van der Waals surface area contributed by atoms with E-state index < -0.39 is 11.7 Å². The Balaban J connectivity index is 1.77. The van der Waals surface area contributed by atoms with Crippen LogP contribution < -0.4 is 0 Å². The molecule has 0 aromatic heterocycles. The summed E-state index contributed by atoms with van der Waals surface area (Å²) in [6.45, 7) is 2.07. The molecule has 3 heteroatoms. The predicted molar refractivity (Wildman–Crippen MR) is 92.8 cm³/mol. The minimum absolute atomic E-state index is 0.178.